The molecule has 0 aliphatic carbocycles. The van der Waals surface area contributed by atoms with Crippen LogP contribution in [0.25, 0.3) is 5.69 Å². The summed E-state index contributed by atoms with van der Waals surface area (Å²) in [6, 6.07) is 13.2. The highest BCUT2D eigenvalue weighted by Gasteiger charge is 2.40. The number of anilines is 1. The summed E-state index contributed by atoms with van der Waals surface area (Å²) in [7, 11) is 3.21. The van der Waals surface area contributed by atoms with Gasteiger partial charge in [-0.05, 0) is 55.8 Å². The summed E-state index contributed by atoms with van der Waals surface area (Å²) in [5.41, 5.74) is 2.89. The molecule has 43 heavy (non-hydrogen) atoms. The van der Waals surface area contributed by atoms with Crippen LogP contribution in [0.4, 0.5) is 5.82 Å². The smallest absolute Gasteiger partial charge is 0.240 e. The molecule has 1 fully saturated rings. The molecular weight excluding hydrogens is 586 g/mol. The maximum Gasteiger partial charge on any atom is 0.240 e. The number of hydrogen-bond donors (Lipinski definition) is 1. The number of ether oxygens (including phenoxy) is 2. The number of carbonyl (C=O) groups is 2. The van der Waals surface area contributed by atoms with E-state index in [9.17, 15) is 9.59 Å². The van der Waals surface area contributed by atoms with Gasteiger partial charge in [-0.25, -0.2) is 4.68 Å². The van der Waals surface area contributed by atoms with E-state index in [0.29, 0.717) is 34.6 Å². The molecule has 1 atom stereocenters. The minimum absolute atomic E-state index is 0.120. The summed E-state index contributed by atoms with van der Waals surface area (Å²) in [5, 5.41) is 8.39. The van der Waals surface area contributed by atoms with Gasteiger partial charge in [0.2, 0.25) is 11.8 Å². The van der Waals surface area contributed by atoms with E-state index < -0.39 is 0 Å². The first kappa shape index (κ1) is 31.2. The zero-order valence-electron chi connectivity index (χ0n) is 25.5. The van der Waals surface area contributed by atoms with Crippen LogP contribution in [0.5, 0.6) is 11.5 Å². The fourth-order valence-corrected chi connectivity index (χ4v) is 7.11. The Morgan fingerprint density at radius 3 is 2.49 bits per heavy atom. The highest BCUT2D eigenvalue weighted by atomic mass is 35.5. The van der Waals surface area contributed by atoms with E-state index >= 15 is 0 Å². The van der Waals surface area contributed by atoms with E-state index in [0.717, 1.165) is 36.5 Å². The summed E-state index contributed by atoms with van der Waals surface area (Å²) >= 11 is 8.25. The van der Waals surface area contributed by atoms with Gasteiger partial charge in [0.25, 0.3) is 0 Å². The van der Waals surface area contributed by atoms with Crippen molar-refractivity contribution in [2.75, 3.05) is 57.6 Å². The SMILES string of the molecule is COc1ccc(C2SCC(=O)N(CC(=O)NCCN3CCCC3)c3c2c(C(C)(C)C)nn3-c2ccccc2Cl)cc1OC. The lowest BCUT2D eigenvalue weighted by Gasteiger charge is -2.25. The van der Waals surface area contributed by atoms with E-state index in [-0.39, 0.29) is 34.8 Å². The Bertz CT molecular complexity index is 1480. The third-order valence-corrected chi connectivity index (χ3v) is 9.42. The van der Waals surface area contributed by atoms with Gasteiger partial charge in [-0.3, -0.25) is 14.5 Å². The van der Waals surface area contributed by atoms with Crippen molar-refractivity contribution >= 4 is 41.0 Å². The third kappa shape index (κ3) is 6.66. The number of fused-ring (bicyclic) bond motifs is 1. The topological polar surface area (TPSA) is 88.9 Å². The molecule has 0 bridgehead atoms. The van der Waals surface area contributed by atoms with Crippen molar-refractivity contribution in [2.24, 2.45) is 0 Å². The number of aromatic nitrogens is 2. The molecule has 2 aromatic carbocycles. The zero-order chi connectivity index (χ0) is 30.7. The second-order valence-electron chi connectivity index (χ2n) is 11.9. The van der Waals surface area contributed by atoms with Crippen molar-refractivity contribution < 1.29 is 19.1 Å². The number of carbonyl (C=O) groups excluding carboxylic acids is 2. The predicted molar refractivity (Wildman–Crippen MR) is 172 cm³/mol. The van der Waals surface area contributed by atoms with Gasteiger partial charge < -0.3 is 19.7 Å². The van der Waals surface area contributed by atoms with Crippen LogP contribution in [-0.2, 0) is 15.0 Å². The Morgan fingerprint density at radius 2 is 1.81 bits per heavy atom. The molecule has 2 aliphatic heterocycles. The van der Waals surface area contributed by atoms with Gasteiger partial charge in [-0.1, -0.05) is 50.6 Å². The van der Waals surface area contributed by atoms with Gasteiger partial charge in [0.1, 0.15) is 12.4 Å². The van der Waals surface area contributed by atoms with Crippen molar-refractivity contribution in [2.45, 2.75) is 44.3 Å². The fourth-order valence-electron chi connectivity index (χ4n) is 5.70. The fraction of sp³-hybridized carbons (Fsp3) is 0.469. The number of thioether (sulfide) groups is 1. The van der Waals surface area contributed by atoms with E-state index in [2.05, 4.69) is 31.0 Å². The molecule has 0 radical (unpaired) electrons. The molecule has 1 saturated heterocycles. The van der Waals surface area contributed by atoms with Gasteiger partial charge >= 0.3 is 0 Å². The summed E-state index contributed by atoms with van der Waals surface area (Å²) in [6.07, 6.45) is 2.39. The molecule has 1 aromatic heterocycles. The standard InChI is InChI=1S/C32H40ClN5O4S/c1-32(2,3)30-28-29(21-12-13-24(41-4)25(18-21)42-5)43-20-27(40)37(19-26(39)34-14-17-36-15-8-9-16-36)31(28)38(35-30)23-11-7-6-10-22(23)33/h6-7,10-13,18,29H,8-9,14-17,19-20H2,1-5H3,(H,34,39). The van der Waals surface area contributed by atoms with Crippen LogP contribution >= 0.6 is 23.4 Å². The number of likely N-dealkylation sites (tertiary alicyclic amines) is 1. The molecule has 230 valence electrons. The predicted octanol–water partition coefficient (Wildman–Crippen LogP) is 5.22. The minimum Gasteiger partial charge on any atom is -0.493 e. The number of amides is 2. The van der Waals surface area contributed by atoms with Crippen LogP contribution < -0.4 is 19.7 Å². The molecule has 5 rings (SSSR count). The molecule has 0 saturated carbocycles. The Hall–Kier alpha value is -3.21. The number of nitrogens with zero attached hydrogens (tertiary/aromatic N) is 4. The molecular formula is C32H40ClN5O4S. The molecule has 2 aliphatic rings. The maximum atomic E-state index is 13.9. The molecule has 3 aromatic rings. The number of methoxy groups -OCH3 is 2. The van der Waals surface area contributed by atoms with Gasteiger partial charge in [-0.15, -0.1) is 11.8 Å². The number of halogens is 1. The Labute approximate surface area is 262 Å². The van der Waals surface area contributed by atoms with E-state index in [1.165, 1.54) is 24.6 Å². The second kappa shape index (κ2) is 13.2. The average Bonchev–Trinajstić information content (AvgIpc) is 3.62. The second-order valence-corrected chi connectivity index (χ2v) is 13.4. The van der Waals surface area contributed by atoms with E-state index in [1.807, 2.05) is 36.4 Å². The van der Waals surface area contributed by atoms with Crippen LogP contribution in [0.1, 0.15) is 55.7 Å². The van der Waals surface area contributed by atoms with Crippen LogP contribution in [-0.4, -0.2) is 79.2 Å². The van der Waals surface area contributed by atoms with Crippen LogP contribution in [0.3, 0.4) is 0 Å². The van der Waals surface area contributed by atoms with Gasteiger partial charge in [-0.2, -0.15) is 5.10 Å². The lowest BCUT2D eigenvalue weighted by atomic mass is 9.87. The minimum atomic E-state index is -0.386. The molecule has 9 nitrogen and oxygen atoms in total. The normalized spacial score (nSPS) is 17.5. The van der Waals surface area contributed by atoms with Crippen molar-refractivity contribution in [1.29, 1.82) is 0 Å². The van der Waals surface area contributed by atoms with Crippen molar-refractivity contribution in [3.05, 3.63) is 64.3 Å². The first-order valence-corrected chi connectivity index (χ1v) is 16.1. The first-order valence-electron chi connectivity index (χ1n) is 14.6. The van der Waals surface area contributed by atoms with Crippen molar-refractivity contribution in [3.8, 4) is 17.2 Å². The first-order chi connectivity index (χ1) is 20.6. The number of nitrogens with one attached hydrogen (secondary N) is 1. The number of hydrogen-bond acceptors (Lipinski definition) is 7. The molecule has 1 unspecified atom stereocenters. The highest BCUT2D eigenvalue weighted by Crippen LogP contribution is 2.49. The third-order valence-electron chi connectivity index (χ3n) is 7.84. The lowest BCUT2D eigenvalue weighted by molar-refractivity contribution is -0.122. The number of benzene rings is 2. The summed E-state index contributed by atoms with van der Waals surface area (Å²) < 4.78 is 12.9. The summed E-state index contributed by atoms with van der Waals surface area (Å²) in [4.78, 5) is 31.2. The van der Waals surface area contributed by atoms with Crippen molar-refractivity contribution in [3.63, 3.8) is 0 Å². The van der Waals surface area contributed by atoms with Crippen LogP contribution in [0.2, 0.25) is 5.02 Å². The summed E-state index contributed by atoms with van der Waals surface area (Å²) in [5.74, 6) is 1.58. The average molecular weight is 626 g/mol. The molecule has 1 N–H and O–H groups in total. The highest BCUT2D eigenvalue weighted by molar-refractivity contribution is 8.00. The van der Waals surface area contributed by atoms with Gasteiger partial charge in [0.15, 0.2) is 11.5 Å². The molecule has 3 heterocycles. The zero-order valence-corrected chi connectivity index (χ0v) is 27.1. The van der Waals surface area contributed by atoms with E-state index in [1.54, 1.807) is 29.9 Å². The lowest BCUT2D eigenvalue weighted by Crippen LogP contribution is -2.44. The largest absolute Gasteiger partial charge is 0.493 e. The maximum absolute atomic E-state index is 13.9. The van der Waals surface area contributed by atoms with E-state index in [4.69, 9.17) is 26.2 Å². The Balaban J connectivity index is 1.63. The Kier molecular flexibility index (Phi) is 9.58. The quantitative estimate of drug-likeness (QED) is 0.349. The Morgan fingerprint density at radius 1 is 1.09 bits per heavy atom. The molecule has 11 heteroatoms. The summed E-state index contributed by atoms with van der Waals surface area (Å²) in [6.45, 7) is 9.64. The molecule has 0 spiro atoms. The monoisotopic (exact) mass is 625 g/mol. The van der Waals surface area contributed by atoms with Crippen LogP contribution in [0.15, 0.2) is 42.5 Å². The number of rotatable bonds is 9. The van der Waals surface area contributed by atoms with Crippen LogP contribution in [0, 0.1) is 0 Å². The molecule has 2 amide bonds. The van der Waals surface area contributed by atoms with Crippen molar-refractivity contribution in [1.82, 2.24) is 20.0 Å². The van der Waals surface area contributed by atoms with Gasteiger partial charge in [0, 0.05) is 24.1 Å². The number of para-hydroxylation sites is 1. The van der Waals surface area contributed by atoms with Gasteiger partial charge in [0.05, 0.1) is 41.6 Å².